The minimum absolute atomic E-state index is 0.0103. The van der Waals surface area contributed by atoms with Crippen LogP contribution in [0.15, 0.2) is 54.6 Å². The molecule has 1 aliphatic carbocycles. The van der Waals surface area contributed by atoms with E-state index < -0.39 is 0 Å². The zero-order chi connectivity index (χ0) is 18.8. The molecule has 27 heavy (non-hydrogen) atoms. The predicted molar refractivity (Wildman–Crippen MR) is 107 cm³/mol. The average molecular weight is 364 g/mol. The number of rotatable bonds is 4. The lowest BCUT2D eigenvalue weighted by molar-refractivity contribution is -0.152. The van der Waals surface area contributed by atoms with Gasteiger partial charge in [0.25, 0.3) is 0 Å². The van der Waals surface area contributed by atoms with Gasteiger partial charge in [0.05, 0.1) is 18.8 Å². The second-order valence-corrected chi connectivity index (χ2v) is 7.93. The number of benzene rings is 2. The topological polar surface area (TPSA) is 32.8 Å². The van der Waals surface area contributed by atoms with Gasteiger partial charge in [-0.2, -0.15) is 0 Å². The highest BCUT2D eigenvalue weighted by Gasteiger charge is 2.40. The SMILES string of the molecule is CN(C)C[C@@H]1OCCN(C(=O)C2Cc3ccccc3C2)[C@H]1c1ccccc1. The number of carbonyl (C=O) groups is 1. The second-order valence-electron chi connectivity index (χ2n) is 7.93. The molecule has 4 rings (SSSR count). The molecule has 2 aliphatic rings. The summed E-state index contributed by atoms with van der Waals surface area (Å²) < 4.78 is 6.13. The van der Waals surface area contributed by atoms with Crippen LogP contribution in [0.25, 0.3) is 0 Å². The van der Waals surface area contributed by atoms with Crippen LogP contribution in [0.3, 0.4) is 0 Å². The van der Waals surface area contributed by atoms with Crippen molar-refractivity contribution < 1.29 is 9.53 Å². The van der Waals surface area contributed by atoms with Crippen molar-refractivity contribution in [1.82, 2.24) is 9.80 Å². The zero-order valence-corrected chi connectivity index (χ0v) is 16.2. The molecule has 1 aliphatic heterocycles. The molecular weight excluding hydrogens is 336 g/mol. The van der Waals surface area contributed by atoms with Crippen molar-refractivity contribution in [1.29, 1.82) is 0 Å². The summed E-state index contributed by atoms with van der Waals surface area (Å²) in [5.74, 6) is 0.318. The highest BCUT2D eigenvalue weighted by molar-refractivity contribution is 5.81. The quantitative estimate of drug-likeness (QED) is 0.836. The first-order valence-electron chi connectivity index (χ1n) is 9.82. The van der Waals surface area contributed by atoms with Gasteiger partial charge in [0.2, 0.25) is 5.91 Å². The van der Waals surface area contributed by atoms with Gasteiger partial charge in [0, 0.05) is 19.0 Å². The molecule has 2 aromatic carbocycles. The normalized spacial score (nSPS) is 22.9. The Hall–Kier alpha value is -2.17. The molecule has 4 heteroatoms. The molecule has 0 unspecified atom stereocenters. The van der Waals surface area contributed by atoms with E-state index >= 15 is 0 Å². The Bertz CT molecular complexity index is 765. The van der Waals surface area contributed by atoms with Gasteiger partial charge in [-0.05, 0) is 43.6 Å². The molecule has 1 heterocycles. The van der Waals surface area contributed by atoms with Crippen molar-refractivity contribution in [3.05, 3.63) is 71.3 Å². The van der Waals surface area contributed by atoms with Crippen LogP contribution in [-0.4, -0.2) is 55.6 Å². The molecular formula is C23H28N2O2. The van der Waals surface area contributed by atoms with Gasteiger partial charge in [0.1, 0.15) is 0 Å². The molecule has 2 atom stereocenters. The summed E-state index contributed by atoms with van der Waals surface area (Å²) >= 11 is 0. The van der Waals surface area contributed by atoms with Crippen LogP contribution in [0.2, 0.25) is 0 Å². The Morgan fingerprint density at radius 2 is 1.67 bits per heavy atom. The van der Waals surface area contributed by atoms with Gasteiger partial charge in [-0.3, -0.25) is 4.79 Å². The minimum atomic E-state index is -0.0291. The van der Waals surface area contributed by atoms with Crippen LogP contribution in [-0.2, 0) is 22.4 Å². The maximum atomic E-state index is 13.5. The fourth-order valence-corrected chi connectivity index (χ4v) is 4.51. The number of likely N-dealkylation sites (N-methyl/N-ethyl adjacent to an activating group) is 1. The number of fused-ring (bicyclic) bond motifs is 1. The highest BCUT2D eigenvalue weighted by Crippen LogP contribution is 2.34. The van der Waals surface area contributed by atoms with Crippen molar-refractivity contribution in [3.63, 3.8) is 0 Å². The Kier molecular flexibility index (Phi) is 5.28. The number of amides is 1. The monoisotopic (exact) mass is 364 g/mol. The average Bonchev–Trinajstić information content (AvgIpc) is 3.12. The second kappa shape index (κ2) is 7.83. The number of carbonyl (C=O) groups excluding carboxylic acids is 1. The van der Waals surface area contributed by atoms with Gasteiger partial charge in [-0.25, -0.2) is 0 Å². The van der Waals surface area contributed by atoms with Gasteiger partial charge < -0.3 is 14.5 Å². The number of nitrogens with zero attached hydrogens (tertiary/aromatic N) is 2. The van der Waals surface area contributed by atoms with E-state index in [9.17, 15) is 4.79 Å². The molecule has 1 amide bonds. The van der Waals surface area contributed by atoms with Crippen molar-refractivity contribution >= 4 is 5.91 Å². The van der Waals surface area contributed by atoms with Crippen LogP contribution < -0.4 is 0 Å². The molecule has 0 saturated carbocycles. The molecule has 0 N–H and O–H groups in total. The van der Waals surface area contributed by atoms with Crippen LogP contribution in [0, 0.1) is 5.92 Å². The lowest BCUT2D eigenvalue weighted by atomic mass is 9.95. The number of hydrogen-bond acceptors (Lipinski definition) is 3. The molecule has 0 radical (unpaired) electrons. The molecule has 142 valence electrons. The maximum Gasteiger partial charge on any atom is 0.227 e. The lowest BCUT2D eigenvalue weighted by Gasteiger charge is -2.43. The number of ether oxygens (including phenoxy) is 1. The number of morpholine rings is 1. The summed E-state index contributed by atoms with van der Waals surface area (Å²) in [6.45, 7) is 2.07. The van der Waals surface area contributed by atoms with E-state index in [1.54, 1.807) is 0 Å². The lowest BCUT2D eigenvalue weighted by Crippen LogP contribution is -2.52. The van der Waals surface area contributed by atoms with Gasteiger partial charge in [-0.1, -0.05) is 54.6 Å². The summed E-state index contributed by atoms with van der Waals surface area (Å²) in [5.41, 5.74) is 3.81. The van der Waals surface area contributed by atoms with E-state index in [-0.39, 0.29) is 24.0 Å². The zero-order valence-electron chi connectivity index (χ0n) is 16.2. The van der Waals surface area contributed by atoms with E-state index in [1.165, 1.54) is 11.1 Å². The third kappa shape index (κ3) is 3.78. The fourth-order valence-electron chi connectivity index (χ4n) is 4.51. The van der Waals surface area contributed by atoms with E-state index in [2.05, 4.69) is 60.3 Å². The molecule has 1 saturated heterocycles. The summed E-state index contributed by atoms with van der Waals surface area (Å²) in [5, 5.41) is 0. The first kappa shape index (κ1) is 18.2. The summed E-state index contributed by atoms with van der Waals surface area (Å²) in [4.78, 5) is 17.8. The van der Waals surface area contributed by atoms with Crippen LogP contribution >= 0.6 is 0 Å². The largest absolute Gasteiger partial charge is 0.373 e. The third-order valence-electron chi connectivity index (χ3n) is 5.72. The Labute approximate surface area is 161 Å². The first-order chi connectivity index (χ1) is 13.1. The van der Waals surface area contributed by atoms with Crippen molar-refractivity contribution in [2.75, 3.05) is 33.8 Å². The fraction of sp³-hybridized carbons (Fsp3) is 0.435. The molecule has 0 spiro atoms. The minimum Gasteiger partial charge on any atom is -0.373 e. The van der Waals surface area contributed by atoms with E-state index in [1.807, 2.05) is 18.2 Å². The summed E-state index contributed by atoms with van der Waals surface area (Å²) in [6.07, 6.45) is 1.70. The molecule has 0 bridgehead atoms. The third-order valence-corrected chi connectivity index (χ3v) is 5.72. The van der Waals surface area contributed by atoms with Crippen LogP contribution in [0.1, 0.15) is 22.7 Å². The van der Waals surface area contributed by atoms with E-state index in [0.29, 0.717) is 13.2 Å². The Morgan fingerprint density at radius 3 is 2.30 bits per heavy atom. The number of hydrogen-bond donors (Lipinski definition) is 0. The Morgan fingerprint density at radius 1 is 1.04 bits per heavy atom. The van der Waals surface area contributed by atoms with E-state index in [4.69, 9.17) is 4.74 Å². The Balaban J connectivity index is 1.60. The highest BCUT2D eigenvalue weighted by atomic mass is 16.5. The molecule has 0 aromatic heterocycles. The summed E-state index contributed by atoms with van der Waals surface area (Å²) in [6, 6.07) is 18.8. The van der Waals surface area contributed by atoms with Gasteiger partial charge >= 0.3 is 0 Å². The van der Waals surface area contributed by atoms with Gasteiger partial charge in [0.15, 0.2) is 0 Å². The first-order valence-corrected chi connectivity index (χ1v) is 9.82. The van der Waals surface area contributed by atoms with Crippen LogP contribution in [0.5, 0.6) is 0 Å². The predicted octanol–water partition coefficient (Wildman–Crippen LogP) is 2.93. The molecule has 4 nitrogen and oxygen atoms in total. The summed E-state index contributed by atoms with van der Waals surface area (Å²) in [7, 11) is 4.11. The van der Waals surface area contributed by atoms with Gasteiger partial charge in [-0.15, -0.1) is 0 Å². The maximum absolute atomic E-state index is 13.5. The van der Waals surface area contributed by atoms with Crippen molar-refractivity contribution in [2.45, 2.75) is 25.0 Å². The smallest absolute Gasteiger partial charge is 0.227 e. The van der Waals surface area contributed by atoms with Crippen LogP contribution in [0.4, 0.5) is 0 Å². The standard InChI is InChI=1S/C23H28N2O2/c1-24(2)16-21-22(17-8-4-3-5-9-17)25(12-13-27-21)23(26)20-14-18-10-6-7-11-19(18)15-20/h3-11,20-22H,12-16H2,1-2H3/t21-,22-/m0/s1. The molecule has 2 aromatic rings. The van der Waals surface area contributed by atoms with E-state index in [0.717, 1.165) is 24.9 Å². The van der Waals surface area contributed by atoms with Crippen molar-refractivity contribution in [2.24, 2.45) is 5.92 Å². The van der Waals surface area contributed by atoms with Crippen molar-refractivity contribution in [3.8, 4) is 0 Å². The molecule has 1 fully saturated rings.